The van der Waals surface area contributed by atoms with Crippen molar-refractivity contribution in [3.05, 3.63) is 29.3 Å². The Labute approximate surface area is 140 Å². The molecule has 120 valence electrons. The maximum Gasteiger partial charge on any atom is 0.121 e. The van der Waals surface area contributed by atoms with Gasteiger partial charge < -0.3 is 10.1 Å². The molecule has 0 aromatic heterocycles. The minimum atomic E-state index is 0. The van der Waals surface area contributed by atoms with E-state index in [1.165, 1.54) is 37.1 Å². The number of piperazine rings is 1. The Bertz CT molecular complexity index is 446. The molecule has 0 amide bonds. The zero-order chi connectivity index (χ0) is 13.2. The van der Waals surface area contributed by atoms with Crippen molar-refractivity contribution in [1.82, 2.24) is 10.2 Å². The first-order valence-corrected chi connectivity index (χ1v) is 7.39. The normalized spacial score (nSPS) is 20.1. The van der Waals surface area contributed by atoms with Gasteiger partial charge in [0.1, 0.15) is 5.75 Å². The van der Waals surface area contributed by atoms with Crippen molar-refractivity contribution in [1.29, 1.82) is 0 Å². The highest BCUT2D eigenvalue weighted by Crippen LogP contribution is 2.45. The highest BCUT2D eigenvalue weighted by atomic mass is 35.5. The Morgan fingerprint density at radius 2 is 1.86 bits per heavy atom. The number of benzene rings is 1. The molecule has 1 heterocycles. The molecule has 1 aromatic rings. The highest BCUT2D eigenvalue weighted by molar-refractivity contribution is 5.85. The lowest BCUT2D eigenvalue weighted by Crippen LogP contribution is -2.45. The first-order chi connectivity index (χ1) is 9.29. The van der Waals surface area contributed by atoms with E-state index in [1.54, 1.807) is 7.11 Å². The van der Waals surface area contributed by atoms with Crippen molar-refractivity contribution in [2.75, 3.05) is 33.3 Å². The maximum atomic E-state index is 5.38. The molecule has 1 atom stereocenters. The second kappa shape index (κ2) is 8.23. The Balaban J connectivity index is 0.00000110. The van der Waals surface area contributed by atoms with Crippen LogP contribution in [0.5, 0.6) is 5.75 Å². The molecule has 5 heteroatoms. The second-order valence-electron chi connectivity index (χ2n) is 5.80. The number of ether oxygens (including phenoxy) is 1. The van der Waals surface area contributed by atoms with Gasteiger partial charge >= 0.3 is 0 Å². The quantitative estimate of drug-likeness (QED) is 0.916. The molecule has 1 saturated heterocycles. The van der Waals surface area contributed by atoms with Crippen molar-refractivity contribution in [2.45, 2.75) is 25.8 Å². The number of rotatable bonds is 4. The molecule has 1 aromatic carbocycles. The van der Waals surface area contributed by atoms with Crippen LogP contribution in [0.15, 0.2) is 18.2 Å². The number of nitrogens with zero attached hydrogens (tertiary/aromatic N) is 1. The van der Waals surface area contributed by atoms with Crippen molar-refractivity contribution < 1.29 is 4.74 Å². The Morgan fingerprint density at radius 3 is 2.38 bits per heavy atom. The van der Waals surface area contributed by atoms with E-state index in [1.807, 2.05) is 0 Å². The van der Waals surface area contributed by atoms with Crippen LogP contribution in [-0.4, -0.2) is 38.2 Å². The van der Waals surface area contributed by atoms with Gasteiger partial charge in [0.15, 0.2) is 0 Å². The molecule has 0 bridgehead atoms. The molecule has 3 nitrogen and oxygen atoms in total. The summed E-state index contributed by atoms with van der Waals surface area (Å²) in [7, 11) is 1.75. The van der Waals surface area contributed by atoms with Crippen molar-refractivity contribution >= 4 is 24.8 Å². The summed E-state index contributed by atoms with van der Waals surface area (Å²) >= 11 is 0. The zero-order valence-corrected chi connectivity index (χ0v) is 14.4. The fourth-order valence-electron chi connectivity index (χ4n) is 3.24. The molecule has 2 aliphatic rings. The van der Waals surface area contributed by atoms with E-state index in [-0.39, 0.29) is 24.8 Å². The van der Waals surface area contributed by atoms with Crippen LogP contribution in [0.2, 0.25) is 0 Å². The SMILES string of the molecule is COc1ccc([C@@H](C2CC2)N2CCNCC2)cc1C.Cl.Cl. The van der Waals surface area contributed by atoms with Crippen LogP contribution in [0, 0.1) is 12.8 Å². The molecule has 1 saturated carbocycles. The maximum absolute atomic E-state index is 5.38. The topological polar surface area (TPSA) is 24.5 Å². The van der Waals surface area contributed by atoms with Gasteiger partial charge in [-0.2, -0.15) is 0 Å². The second-order valence-corrected chi connectivity index (χ2v) is 5.80. The van der Waals surface area contributed by atoms with Crippen LogP contribution >= 0.6 is 24.8 Å². The molecule has 3 rings (SSSR count). The molecular weight excluding hydrogens is 307 g/mol. The van der Waals surface area contributed by atoms with Crippen LogP contribution < -0.4 is 10.1 Å². The first kappa shape index (κ1) is 18.6. The van der Waals surface area contributed by atoms with E-state index in [4.69, 9.17) is 4.74 Å². The highest BCUT2D eigenvalue weighted by Gasteiger charge is 2.36. The molecule has 0 radical (unpaired) electrons. The van der Waals surface area contributed by atoms with E-state index in [0.29, 0.717) is 6.04 Å². The summed E-state index contributed by atoms with van der Waals surface area (Å²) in [5.41, 5.74) is 2.73. The number of nitrogens with one attached hydrogen (secondary N) is 1. The van der Waals surface area contributed by atoms with Gasteiger partial charge in [0.25, 0.3) is 0 Å². The van der Waals surface area contributed by atoms with Gasteiger partial charge in [-0.1, -0.05) is 12.1 Å². The lowest BCUT2D eigenvalue weighted by atomic mass is 9.98. The van der Waals surface area contributed by atoms with E-state index in [2.05, 4.69) is 35.3 Å². The van der Waals surface area contributed by atoms with Crippen molar-refractivity contribution in [3.63, 3.8) is 0 Å². The number of aryl methyl sites for hydroxylation is 1. The molecular formula is C16H26Cl2N2O. The van der Waals surface area contributed by atoms with E-state index < -0.39 is 0 Å². The molecule has 0 spiro atoms. The number of halogens is 2. The minimum absolute atomic E-state index is 0. The summed E-state index contributed by atoms with van der Waals surface area (Å²) in [6, 6.07) is 7.33. The third-order valence-corrected chi connectivity index (χ3v) is 4.37. The number of hydrogen-bond donors (Lipinski definition) is 1. The zero-order valence-electron chi connectivity index (χ0n) is 12.8. The molecule has 21 heavy (non-hydrogen) atoms. The lowest BCUT2D eigenvalue weighted by Gasteiger charge is -2.35. The van der Waals surface area contributed by atoms with E-state index in [0.717, 1.165) is 24.8 Å². The monoisotopic (exact) mass is 332 g/mol. The third kappa shape index (κ3) is 4.26. The van der Waals surface area contributed by atoms with Gasteiger partial charge in [0, 0.05) is 32.2 Å². The van der Waals surface area contributed by atoms with Crippen LogP contribution in [-0.2, 0) is 0 Å². The Morgan fingerprint density at radius 1 is 1.19 bits per heavy atom. The van der Waals surface area contributed by atoms with Gasteiger partial charge in [-0.05, 0) is 42.9 Å². The summed E-state index contributed by atoms with van der Waals surface area (Å²) in [6.45, 7) is 6.74. The summed E-state index contributed by atoms with van der Waals surface area (Å²) in [4.78, 5) is 2.66. The van der Waals surface area contributed by atoms with Gasteiger partial charge in [-0.15, -0.1) is 24.8 Å². The van der Waals surface area contributed by atoms with Gasteiger partial charge in [0.05, 0.1) is 7.11 Å². The smallest absolute Gasteiger partial charge is 0.121 e. The first-order valence-electron chi connectivity index (χ1n) is 7.39. The van der Waals surface area contributed by atoms with Crippen LogP contribution in [0.1, 0.15) is 30.0 Å². The number of methoxy groups -OCH3 is 1. The van der Waals surface area contributed by atoms with E-state index in [9.17, 15) is 0 Å². The summed E-state index contributed by atoms with van der Waals surface area (Å²) < 4.78 is 5.38. The summed E-state index contributed by atoms with van der Waals surface area (Å²) in [6.07, 6.45) is 2.78. The standard InChI is InChI=1S/C16H24N2O.2ClH/c1-12-11-14(5-6-15(12)19-2)16(13-3-4-13)18-9-7-17-8-10-18;;/h5-6,11,13,16-17H,3-4,7-10H2,1-2H3;2*1H/t16-;;/m1../s1. The fraction of sp³-hybridized carbons (Fsp3) is 0.625. The average molecular weight is 333 g/mol. The summed E-state index contributed by atoms with van der Waals surface area (Å²) in [5, 5.41) is 3.45. The van der Waals surface area contributed by atoms with E-state index >= 15 is 0 Å². The minimum Gasteiger partial charge on any atom is -0.496 e. The predicted molar refractivity (Wildman–Crippen MR) is 92.1 cm³/mol. The van der Waals surface area contributed by atoms with Crippen LogP contribution in [0.25, 0.3) is 0 Å². The predicted octanol–water partition coefficient (Wildman–Crippen LogP) is 3.20. The largest absolute Gasteiger partial charge is 0.496 e. The van der Waals surface area contributed by atoms with Gasteiger partial charge in [-0.3, -0.25) is 4.90 Å². The van der Waals surface area contributed by atoms with Crippen LogP contribution in [0.4, 0.5) is 0 Å². The molecule has 1 aliphatic heterocycles. The third-order valence-electron chi connectivity index (χ3n) is 4.37. The lowest BCUT2D eigenvalue weighted by molar-refractivity contribution is 0.156. The molecule has 0 unspecified atom stereocenters. The molecule has 2 fully saturated rings. The average Bonchev–Trinajstić information content (AvgIpc) is 3.25. The Hall–Kier alpha value is -0.480. The number of hydrogen-bond acceptors (Lipinski definition) is 3. The molecule has 1 aliphatic carbocycles. The van der Waals surface area contributed by atoms with Crippen LogP contribution in [0.3, 0.4) is 0 Å². The summed E-state index contributed by atoms with van der Waals surface area (Å²) in [5.74, 6) is 1.87. The Kier molecular flexibility index (Phi) is 7.28. The molecule has 1 N–H and O–H groups in total. The van der Waals surface area contributed by atoms with Crippen molar-refractivity contribution in [2.24, 2.45) is 5.92 Å². The van der Waals surface area contributed by atoms with Gasteiger partial charge in [-0.25, -0.2) is 0 Å². The van der Waals surface area contributed by atoms with Crippen molar-refractivity contribution in [3.8, 4) is 5.75 Å². The van der Waals surface area contributed by atoms with Gasteiger partial charge in [0.2, 0.25) is 0 Å². The fourth-order valence-corrected chi connectivity index (χ4v) is 3.24.